The molecule has 1 aliphatic heterocycles. The van der Waals surface area contributed by atoms with Gasteiger partial charge in [-0.05, 0) is 39.3 Å². The minimum absolute atomic E-state index is 0.178. The lowest BCUT2D eigenvalue weighted by molar-refractivity contribution is 0.0142. The van der Waals surface area contributed by atoms with E-state index >= 15 is 0 Å². The standard InChI is InChI=1S/C20H28N4O4/c1-20(2,3)28-19(26)24-12-10-23(11-13-24)9-4-14-27-17-8-6-15-5-7-16(25)21-18(15)22-17/h5-8H,4,9-14H2,1-3H3,(H,21,22,25). The van der Waals surface area contributed by atoms with Crippen LogP contribution >= 0.6 is 0 Å². The van der Waals surface area contributed by atoms with Gasteiger partial charge in [0.25, 0.3) is 0 Å². The molecule has 1 aliphatic rings. The first kappa shape index (κ1) is 20.1. The Balaban J connectivity index is 1.38. The Labute approximate surface area is 164 Å². The Morgan fingerprint density at radius 1 is 1.14 bits per heavy atom. The second-order valence-corrected chi connectivity index (χ2v) is 7.92. The molecule has 28 heavy (non-hydrogen) atoms. The molecule has 0 radical (unpaired) electrons. The molecule has 3 rings (SSSR count). The van der Waals surface area contributed by atoms with Crippen molar-refractivity contribution in [3.63, 3.8) is 0 Å². The molecule has 2 aromatic rings. The van der Waals surface area contributed by atoms with Gasteiger partial charge in [0.15, 0.2) is 0 Å². The second kappa shape index (κ2) is 8.60. The largest absolute Gasteiger partial charge is 0.478 e. The van der Waals surface area contributed by atoms with Crippen LogP contribution in [0.5, 0.6) is 5.88 Å². The number of aromatic amines is 1. The van der Waals surface area contributed by atoms with Gasteiger partial charge in [0, 0.05) is 50.2 Å². The number of nitrogens with zero attached hydrogens (tertiary/aromatic N) is 3. The lowest BCUT2D eigenvalue weighted by Crippen LogP contribution is -2.50. The number of fused-ring (bicyclic) bond motifs is 1. The van der Waals surface area contributed by atoms with Crippen LogP contribution in [0.15, 0.2) is 29.1 Å². The summed E-state index contributed by atoms with van der Waals surface area (Å²) in [5.41, 5.74) is -0.110. The summed E-state index contributed by atoms with van der Waals surface area (Å²) in [6.07, 6.45) is 0.619. The van der Waals surface area contributed by atoms with E-state index in [2.05, 4.69) is 14.9 Å². The van der Waals surface area contributed by atoms with E-state index in [1.807, 2.05) is 26.8 Å². The Bertz CT molecular complexity index is 866. The first-order valence-corrected chi connectivity index (χ1v) is 9.63. The zero-order valence-electron chi connectivity index (χ0n) is 16.7. The molecule has 8 nitrogen and oxygen atoms in total. The average Bonchev–Trinajstić information content (AvgIpc) is 2.64. The van der Waals surface area contributed by atoms with Crippen molar-refractivity contribution >= 4 is 17.1 Å². The van der Waals surface area contributed by atoms with Gasteiger partial charge in [-0.1, -0.05) is 0 Å². The van der Waals surface area contributed by atoms with Gasteiger partial charge in [0.05, 0.1) is 6.61 Å². The molecule has 8 heteroatoms. The number of carbonyl (C=O) groups excluding carboxylic acids is 1. The Morgan fingerprint density at radius 3 is 2.57 bits per heavy atom. The number of aromatic nitrogens is 2. The zero-order valence-corrected chi connectivity index (χ0v) is 16.7. The van der Waals surface area contributed by atoms with E-state index in [0.717, 1.165) is 31.4 Å². The fraction of sp³-hybridized carbons (Fsp3) is 0.550. The number of hydrogen-bond acceptors (Lipinski definition) is 6. The summed E-state index contributed by atoms with van der Waals surface area (Å²) >= 11 is 0. The molecule has 1 saturated heterocycles. The van der Waals surface area contributed by atoms with Crippen molar-refractivity contribution in [1.82, 2.24) is 19.8 Å². The van der Waals surface area contributed by atoms with E-state index in [1.54, 1.807) is 17.0 Å². The molecule has 1 amide bonds. The maximum atomic E-state index is 12.1. The van der Waals surface area contributed by atoms with Crippen molar-refractivity contribution in [1.29, 1.82) is 0 Å². The summed E-state index contributed by atoms with van der Waals surface area (Å²) in [5.74, 6) is 0.504. The second-order valence-electron chi connectivity index (χ2n) is 7.92. The van der Waals surface area contributed by atoms with Gasteiger partial charge < -0.3 is 19.4 Å². The predicted molar refractivity (Wildman–Crippen MR) is 107 cm³/mol. The Kier molecular flexibility index (Phi) is 6.18. The molecule has 0 spiro atoms. The number of carbonyl (C=O) groups is 1. The molecule has 1 fully saturated rings. The first-order valence-electron chi connectivity index (χ1n) is 9.63. The minimum Gasteiger partial charge on any atom is -0.478 e. The van der Waals surface area contributed by atoms with E-state index in [9.17, 15) is 9.59 Å². The van der Waals surface area contributed by atoms with Crippen molar-refractivity contribution in [2.75, 3.05) is 39.3 Å². The SMILES string of the molecule is CC(C)(C)OC(=O)N1CCN(CCCOc2ccc3ccc(=O)[nH]c3n2)CC1. The van der Waals surface area contributed by atoms with Crippen LogP contribution in [0.25, 0.3) is 11.0 Å². The number of rotatable bonds is 5. The monoisotopic (exact) mass is 388 g/mol. The highest BCUT2D eigenvalue weighted by Crippen LogP contribution is 2.14. The lowest BCUT2D eigenvalue weighted by atomic mass is 10.2. The molecule has 0 unspecified atom stereocenters. The fourth-order valence-corrected chi connectivity index (χ4v) is 3.04. The van der Waals surface area contributed by atoms with Crippen LogP contribution in [0.2, 0.25) is 0 Å². The van der Waals surface area contributed by atoms with E-state index in [0.29, 0.717) is 31.2 Å². The van der Waals surface area contributed by atoms with Crippen molar-refractivity contribution in [2.24, 2.45) is 0 Å². The summed E-state index contributed by atoms with van der Waals surface area (Å²) in [6, 6.07) is 6.90. The lowest BCUT2D eigenvalue weighted by Gasteiger charge is -2.35. The number of pyridine rings is 2. The van der Waals surface area contributed by atoms with Crippen LogP contribution in [0, 0.1) is 0 Å². The number of H-pyrrole nitrogens is 1. The maximum absolute atomic E-state index is 12.1. The van der Waals surface area contributed by atoms with Gasteiger partial charge in [0.1, 0.15) is 11.2 Å². The topological polar surface area (TPSA) is 87.8 Å². The van der Waals surface area contributed by atoms with Gasteiger partial charge in [-0.15, -0.1) is 0 Å². The summed E-state index contributed by atoms with van der Waals surface area (Å²) in [7, 11) is 0. The quantitative estimate of drug-likeness (QED) is 0.791. The molecule has 0 bridgehead atoms. The third kappa shape index (κ3) is 5.69. The number of nitrogens with one attached hydrogen (secondary N) is 1. The first-order chi connectivity index (χ1) is 13.3. The molecular formula is C20H28N4O4. The fourth-order valence-electron chi connectivity index (χ4n) is 3.04. The normalized spacial score (nSPS) is 15.6. The van der Waals surface area contributed by atoms with E-state index in [-0.39, 0.29) is 11.7 Å². The molecule has 3 heterocycles. The van der Waals surface area contributed by atoms with Crippen LogP contribution in [0.1, 0.15) is 27.2 Å². The molecule has 1 N–H and O–H groups in total. The number of ether oxygens (including phenoxy) is 2. The molecule has 0 aliphatic carbocycles. The average molecular weight is 388 g/mol. The van der Waals surface area contributed by atoms with Crippen LogP contribution in [0.3, 0.4) is 0 Å². The predicted octanol–water partition coefficient (Wildman–Crippen LogP) is 2.24. The summed E-state index contributed by atoms with van der Waals surface area (Å²) < 4.78 is 11.1. The summed E-state index contributed by atoms with van der Waals surface area (Å²) in [4.78, 5) is 34.6. The third-order valence-corrected chi connectivity index (χ3v) is 4.45. The third-order valence-electron chi connectivity index (χ3n) is 4.45. The highest BCUT2D eigenvalue weighted by atomic mass is 16.6. The minimum atomic E-state index is -0.463. The smallest absolute Gasteiger partial charge is 0.410 e. The molecule has 2 aromatic heterocycles. The van der Waals surface area contributed by atoms with Crippen LogP contribution in [-0.2, 0) is 4.74 Å². The molecule has 152 valence electrons. The van der Waals surface area contributed by atoms with Gasteiger partial charge in [-0.2, -0.15) is 4.98 Å². The van der Waals surface area contributed by atoms with Crippen molar-refractivity contribution < 1.29 is 14.3 Å². The van der Waals surface area contributed by atoms with Gasteiger partial charge in [-0.25, -0.2) is 4.79 Å². The van der Waals surface area contributed by atoms with Crippen molar-refractivity contribution in [3.8, 4) is 5.88 Å². The van der Waals surface area contributed by atoms with Gasteiger partial charge in [0.2, 0.25) is 11.4 Å². The summed E-state index contributed by atoms with van der Waals surface area (Å²) in [5, 5.41) is 0.870. The number of amides is 1. The van der Waals surface area contributed by atoms with Gasteiger partial charge >= 0.3 is 6.09 Å². The number of hydrogen-bond donors (Lipinski definition) is 1. The van der Waals surface area contributed by atoms with Gasteiger partial charge in [-0.3, -0.25) is 9.69 Å². The Morgan fingerprint density at radius 2 is 1.86 bits per heavy atom. The summed E-state index contributed by atoms with van der Waals surface area (Å²) in [6.45, 7) is 10.1. The molecular weight excluding hydrogens is 360 g/mol. The van der Waals surface area contributed by atoms with Crippen LogP contribution in [0.4, 0.5) is 4.79 Å². The van der Waals surface area contributed by atoms with E-state index in [1.165, 1.54) is 6.07 Å². The highest BCUT2D eigenvalue weighted by molar-refractivity contribution is 5.74. The number of piperazine rings is 1. The van der Waals surface area contributed by atoms with E-state index < -0.39 is 5.60 Å². The van der Waals surface area contributed by atoms with E-state index in [4.69, 9.17) is 9.47 Å². The molecule has 0 saturated carbocycles. The van der Waals surface area contributed by atoms with Crippen LogP contribution < -0.4 is 10.3 Å². The maximum Gasteiger partial charge on any atom is 0.410 e. The highest BCUT2D eigenvalue weighted by Gasteiger charge is 2.25. The van der Waals surface area contributed by atoms with Crippen molar-refractivity contribution in [3.05, 3.63) is 34.6 Å². The molecule has 0 aromatic carbocycles. The zero-order chi connectivity index (χ0) is 20.1. The Hall–Kier alpha value is -2.61. The van der Waals surface area contributed by atoms with Crippen molar-refractivity contribution in [2.45, 2.75) is 32.8 Å². The van der Waals surface area contributed by atoms with Crippen LogP contribution in [-0.4, -0.2) is 70.8 Å². The molecule has 0 atom stereocenters.